The minimum Gasteiger partial charge on any atom is -0.368 e. The molecular formula is C16H24N4O2. The maximum atomic E-state index is 12.4. The third-order valence-electron chi connectivity index (χ3n) is 4.36. The van der Waals surface area contributed by atoms with Crippen LogP contribution in [0, 0.1) is 5.92 Å². The van der Waals surface area contributed by atoms with Crippen LogP contribution in [-0.4, -0.2) is 52.8 Å². The van der Waals surface area contributed by atoms with Crippen molar-refractivity contribution in [1.82, 2.24) is 15.1 Å². The maximum Gasteiger partial charge on any atom is 0.251 e. The predicted octanol–water partition coefficient (Wildman–Crippen LogP) is 1.69. The van der Waals surface area contributed by atoms with Crippen LogP contribution in [0.1, 0.15) is 32.6 Å². The van der Waals surface area contributed by atoms with Crippen LogP contribution in [0.25, 0.3) is 0 Å². The number of nitrogens with one attached hydrogen (secondary N) is 1. The molecule has 1 aromatic rings. The van der Waals surface area contributed by atoms with Gasteiger partial charge in [-0.1, -0.05) is 0 Å². The van der Waals surface area contributed by atoms with Gasteiger partial charge < -0.3 is 15.0 Å². The molecule has 0 radical (unpaired) electrons. The van der Waals surface area contributed by atoms with E-state index in [9.17, 15) is 4.79 Å². The van der Waals surface area contributed by atoms with E-state index in [1.54, 1.807) is 6.20 Å². The van der Waals surface area contributed by atoms with Crippen LogP contribution in [0.2, 0.25) is 0 Å². The predicted molar refractivity (Wildman–Crippen MR) is 83.4 cm³/mol. The number of rotatable bonds is 6. The summed E-state index contributed by atoms with van der Waals surface area (Å²) in [4.78, 5) is 14.3. The van der Waals surface area contributed by atoms with E-state index in [-0.39, 0.29) is 12.0 Å². The average molecular weight is 304 g/mol. The largest absolute Gasteiger partial charge is 0.368 e. The Labute approximate surface area is 131 Å². The van der Waals surface area contributed by atoms with E-state index in [0.717, 1.165) is 38.4 Å². The van der Waals surface area contributed by atoms with E-state index < -0.39 is 0 Å². The molecule has 6 heteroatoms. The van der Waals surface area contributed by atoms with Crippen LogP contribution in [0.4, 0.5) is 5.82 Å². The van der Waals surface area contributed by atoms with Crippen molar-refractivity contribution in [1.29, 1.82) is 0 Å². The molecule has 2 heterocycles. The molecule has 6 nitrogen and oxygen atoms in total. The van der Waals surface area contributed by atoms with Gasteiger partial charge in [0.05, 0.1) is 6.61 Å². The van der Waals surface area contributed by atoms with Crippen LogP contribution in [0.5, 0.6) is 0 Å². The second kappa shape index (κ2) is 7.05. The zero-order valence-electron chi connectivity index (χ0n) is 13.1. The number of aromatic nitrogens is 2. The number of anilines is 1. The Morgan fingerprint density at radius 1 is 1.41 bits per heavy atom. The fraction of sp³-hybridized carbons (Fsp3) is 0.688. The van der Waals surface area contributed by atoms with Crippen LogP contribution < -0.4 is 5.32 Å². The summed E-state index contributed by atoms with van der Waals surface area (Å²) in [5, 5.41) is 11.3. The first-order valence-electron chi connectivity index (χ1n) is 8.17. The topological polar surface area (TPSA) is 67.3 Å². The number of hydrogen-bond donors (Lipinski definition) is 1. The molecule has 1 aromatic heterocycles. The number of amides is 1. The summed E-state index contributed by atoms with van der Waals surface area (Å²) >= 11 is 0. The number of nitrogens with zero attached hydrogens (tertiary/aromatic N) is 3. The van der Waals surface area contributed by atoms with Gasteiger partial charge in [-0.15, -0.1) is 5.10 Å². The molecule has 0 unspecified atom stereocenters. The molecule has 0 spiro atoms. The molecule has 1 saturated heterocycles. The van der Waals surface area contributed by atoms with E-state index in [4.69, 9.17) is 4.74 Å². The Morgan fingerprint density at radius 3 is 2.82 bits per heavy atom. The average Bonchev–Trinajstić information content (AvgIpc) is 3.38. The molecule has 1 N–H and O–H groups in total. The van der Waals surface area contributed by atoms with E-state index in [0.29, 0.717) is 12.0 Å². The van der Waals surface area contributed by atoms with Crippen LogP contribution >= 0.6 is 0 Å². The minimum atomic E-state index is -0.315. The second-order valence-corrected chi connectivity index (χ2v) is 6.27. The van der Waals surface area contributed by atoms with Crippen LogP contribution in [0.15, 0.2) is 18.3 Å². The van der Waals surface area contributed by atoms with Crippen molar-refractivity contribution in [2.45, 2.75) is 44.8 Å². The van der Waals surface area contributed by atoms with E-state index in [1.807, 2.05) is 24.0 Å². The molecule has 0 aromatic carbocycles. The van der Waals surface area contributed by atoms with Crippen molar-refractivity contribution in [3.8, 4) is 0 Å². The Bertz CT molecular complexity index is 484. The van der Waals surface area contributed by atoms with E-state index >= 15 is 0 Å². The molecular weight excluding hydrogens is 280 g/mol. The van der Waals surface area contributed by atoms with Crippen LogP contribution in [-0.2, 0) is 9.53 Å². The standard InChI is InChI=1S/C16H24N4O2/c1-12(22-11-13-4-5-13)16(21)20-9-6-14(7-10-20)18-15-3-2-8-17-19-15/h2-3,8,12-14H,4-7,9-11H2,1H3,(H,18,19)/t12-/m0/s1. The molecule has 1 saturated carbocycles. The normalized spacial score (nSPS) is 20.7. The Kier molecular flexibility index (Phi) is 4.87. The number of carbonyl (C=O) groups excluding carboxylic acids is 1. The molecule has 2 fully saturated rings. The molecule has 120 valence electrons. The van der Waals surface area contributed by atoms with Crippen LogP contribution in [0.3, 0.4) is 0 Å². The Morgan fingerprint density at radius 2 is 2.18 bits per heavy atom. The monoisotopic (exact) mass is 304 g/mol. The van der Waals surface area contributed by atoms with Gasteiger partial charge in [0.2, 0.25) is 0 Å². The van der Waals surface area contributed by atoms with E-state index in [1.165, 1.54) is 12.8 Å². The summed E-state index contributed by atoms with van der Waals surface area (Å²) in [7, 11) is 0. The first kappa shape index (κ1) is 15.2. The molecule has 0 bridgehead atoms. The van der Waals surface area contributed by atoms with Gasteiger partial charge in [-0.05, 0) is 50.7 Å². The lowest BCUT2D eigenvalue weighted by molar-refractivity contribution is -0.143. The number of piperidine rings is 1. The molecule has 1 atom stereocenters. The molecule has 1 aliphatic heterocycles. The van der Waals surface area contributed by atoms with Gasteiger partial charge in [0.15, 0.2) is 0 Å². The molecule has 3 rings (SSSR count). The zero-order chi connectivity index (χ0) is 15.4. The Hall–Kier alpha value is -1.69. The van der Waals surface area contributed by atoms with Gasteiger partial charge in [-0.25, -0.2) is 0 Å². The third kappa shape index (κ3) is 4.16. The molecule has 1 aliphatic carbocycles. The highest BCUT2D eigenvalue weighted by atomic mass is 16.5. The van der Waals surface area contributed by atoms with Crippen molar-refractivity contribution < 1.29 is 9.53 Å². The Balaban J connectivity index is 1.41. The number of ether oxygens (including phenoxy) is 1. The molecule has 22 heavy (non-hydrogen) atoms. The first-order chi connectivity index (χ1) is 10.7. The molecule has 1 amide bonds. The van der Waals surface area contributed by atoms with Gasteiger partial charge in [0.1, 0.15) is 11.9 Å². The van der Waals surface area contributed by atoms with Crippen molar-refractivity contribution in [3.05, 3.63) is 18.3 Å². The molecule has 2 aliphatic rings. The SMILES string of the molecule is C[C@H](OCC1CC1)C(=O)N1CCC(Nc2cccnn2)CC1. The summed E-state index contributed by atoms with van der Waals surface area (Å²) in [6, 6.07) is 4.13. The van der Waals surface area contributed by atoms with Gasteiger partial charge in [0.25, 0.3) is 5.91 Å². The van der Waals surface area contributed by atoms with Gasteiger partial charge in [0, 0.05) is 25.3 Å². The summed E-state index contributed by atoms with van der Waals surface area (Å²) < 4.78 is 5.68. The quantitative estimate of drug-likeness (QED) is 0.866. The zero-order valence-corrected chi connectivity index (χ0v) is 13.1. The highest BCUT2D eigenvalue weighted by Gasteiger charge is 2.28. The van der Waals surface area contributed by atoms with Crippen molar-refractivity contribution in [2.75, 3.05) is 25.0 Å². The van der Waals surface area contributed by atoms with E-state index in [2.05, 4.69) is 15.5 Å². The lowest BCUT2D eigenvalue weighted by atomic mass is 10.0. The number of hydrogen-bond acceptors (Lipinski definition) is 5. The van der Waals surface area contributed by atoms with Crippen molar-refractivity contribution in [3.63, 3.8) is 0 Å². The van der Waals surface area contributed by atoms with Gasteiger partial charge in [-0.2, -0.15) is 5.10 Å². The first-order valence-corrected chi connectivity index (χ1v) is 8.17. The van der Waals surface area contributed by atoms with Gasteiger partial charge >= 0.3 is 0 Å². The highest BCUT2D eigenvalue weighted by molar-refractivity contribution is 5.80. The third-order valence-corrected chi connectivity index (χ3v) is 4.36. The minimum absolute atomic E-state index is 0.124. The summed E-state index contributed by atoms with van der Waals surface area (Å²) in [6.07, 6.45) is 5.70. The summed E-state index contributed by atoms with van der Waals surface area (Å²) in [5.41, 5.74) is 0. The van der Waals surface area contributed by atoms with Crippen molar-refractivity contribution in [2.24, 2.45) is 5.92 Å². The fourth-order valence-corrected chi connectivity index (χ4v) is 2.73. The number of carbonyl (C=O) groups is 1. The summed E-state index contributed by atoms with van der Waals surface area (Å²) in [5.74, 6) is 1.61. The number of likely N-dealkylation sites (tertiary alicyclic amines) is 1. The lowest BCUT2D eigenvalue weighted by Gasteiger charge is -2.34. The summed E-state index contributed by atoms with van der Waals surface area (Å²) in [6.45, 7) is 4.15. The smallest absolute Gasteiger partial charge is 0.251 e. The fourth-order valence-electron chi connectivity index (χ4n) is 2.73. The second-order valence-electron chi connectivity index (χ2n) is 6.27. The highest BCUT2D eigenvalue weighted by Crippen LogP contribution is 2.29. The van der Waals surface area contributed by atoms with Crippen molar-refractivity contribution >= 4 is 11.7 Å². The lowest BCUT2D eigenvalue weighted by Crippen LogP contribution is -2.46. The van der Waals surface area contributed by atoms with Gasteiger partial charge in [-0.3, -0.25) is 4.79 Å². The maximum absolute atomic E-state index is 12.4.